The summed E-state index contributed by atoms with van der Waals surface area (Å²) in [5.74, 6) is 0.874. The van der Waals surface area contributed by atoms with Crippen LogP contribution in [0, 0.1) is 6.92 Å². The number of nitrogens with zero attached hydrogens (tertiary/aromatic N) is 1. The van der Waals surface area contributed by atoms with E-state index in [9.17, 15) is 9.59 Å². The Balaban J connectivity index is 1.85. The number of thiophene rings is 1. The van der Waals surface area contributed by atoms with E-state index >= 15 is 0 Å². The first-order valence-corrected chi connectivity index (χ1v) is 13.8. The molecule has 202 valence electrons. The molecule has 3 aromatic rings. The fourth-order valence-electron chi connectivity index (χ4n) is 5.07. The van der Waals surface area contributed by atoms with E-state index < -0.39 is 6.04 Å². The molecule has 0 aliphatic heterocycles. The lowest BCUT2D eigenvalue weighted by Gasteiger charge is -2.34. The molecule has 0 saturated heterocycles. The van der Waals surface area contributed by atoms with Gasteiger partial charge < -0.3 is 19.5 Å². The maximum absolute atomic E-state index is 14.2. The lowest BCUT2D eigenvalue weighted by molar-refractivity contribution is -0.127. The molecule has 38 heavy (non-hydrogen) atoms. The van der Waals surface area contributed by atoms with Gasteiger partial charge in [-0.05, 0) is 66.6 Å². The fraction of sp³-hybridized carbons (Fsp3) is 0.400. The third-order valence-corrected chi connectivity index (χ3v) is 7.79. The highest BCUT2D eigenvalue weighted by molar-refractivity contribution is 7.10. The van der Waals surface area contributed by atoms with Crippen molar-refractivity contribution in [2.45, 2.75) is 57.5 Å². The maximum Gasteiger partial charge on any atom is 0.248 e. The minimum atomic E-state index is -0.945. The molecule has 0 unspecified atom stereocenters. The van der Waals surface area contributed by atoms with Crippen molar-refractivity contribution in [3.63, 3.8) is 0 Å². The van der Waals surface area contributed by atoms with Crippen LogP contribution in [0.2, 0.25) is 0 Å². The molecule has 1 atom stereocenters. The summed E-state index contributed by atoms with van der Waals surface area (Å²) in [4.78, 5) is 30.7. The van der Waals surface area contributed by atoms with Crippen LogP contribution in [0.3, 0.4) is 0 Å². The molecular formula is C30H36N2O5S. The first kappa shape index (κ1) is 27.5. The SMILES string of the molecule is COc1cc([C@H](C(=O)NC2CCCCC2)N(C(=O)Cc2cccs2)c2cccc(C)c2)cc(OC)c1OC. The number of rotatable bonds is 10. The molecule has 1 aliphatic rings. The third-order valence-electron chi connectivity index (χ3n) is 6.91. The summed E-state index contributed by atoms with van der Waals surface area (Å²) >= 11 is 1.52. The van der Waals surface area contributed by atoms with Crippen LogP contribution in [0.15, 0.2) is 53.9 Å². The number of nitrogens with one attached hydrogen (secondary N) is 1. The van der Waals surface area contributed by atoms with Gasteiger partial charge in [0.1, 0.15) is 6.04 Å². The lowest BCUT2D eigenvalue weighted by Crippen LogP contribution is -2.47. The van der Waals surface area contributed by atoms with E-state index in [1.807, 2.05) is 48.7 Å². The molecule has 1 heterocycles. The number of benzene rings is 2. The molecule has 1 saturated carbocycles. The quantitative estimate of drug-likeness (QED) is 0.352. The normalized spacial score (nSPS) is 14.4. The monoisotopic (exact) mass is 536 g/mol. The van der Waals surface area contributed by atoms with Crippen molar-refractivity contribution in [1.29, 1.82) is 0 Å². The number of amides is 2. The zero-order valence-electron chi connectivity index (χ0n) is 22.5. The van der Waals surface area contributed by atoms with Crippen LogP contribution in [-0.2, 0) is 16.0 Å². The largest absolute Gasteiger partial charge is 0.493 e. The summed E-state index contributed by atoms with van der Waals surface area (Å²) in [6.07, 6.45) is 5.39. The number of anilines is 1. The average Bonchev–Trinajstić information content (AvgIpc) is 3.44. The molecule has 1 N–H and O–H groups in total. The molecule has 1 aliphatic carbocycles. The number of carbonyl (C=O) groups excluding carboxylic acids is 2. The Morgan fingerprint density at radius 3 is 2.26 bits per heavy atom. The molecule has 1 fully saturated rings. The Labute approximate surface area is 228 Å². The third kappa shape index (κ3) is 6.30. The van der Waals surface area contributed by atoms with E-state index in [-0.39, 0.29) is 24.3 Å². The van der Waals surface area contributed by atoms with Crippen molar-refractivity contribution in [3.8, 4) is 17.2 Å². The van der Waals surface area contributed by atoms with Gasteiger partial charge in [0.2, 0.25) is 17.6 Å². The molecule has 7 nitrogen and oxygen atoms in total. The first-order valence-electron chi connectivity index (χ1n) is 13.0. The molecule has 4 rings (SSSR count). The molecule has 2 aromatic carbocycles. The summed E-state index contributed by atoms with van der Waals surface area (Å²) in [6.45, 7) is 1.97. The van der Waals surface area contributed by atoms with E-state index in [4.69, 9.17) is 14.2 Å². The highest BCUT2D eigenvalue weighted by Gasteiger charge is 2.35. The van der Waals surface area contributed by atoms with Gasteiger partial charge in [-0.1, -0.05) is 37.5 Å². The maximum atomic E-state index is 14.2. The van der Waals surface area contributed by atoms with Gasteiger partial charge in [-0.3, -0.25) is 14.5 Å². The summed E-state index contributed by atoms with van der Waals surface area (Å²) in [5, 5.41) is 5.21. The van der Waals surface area contributed by atoms with Gasteiger partial charge in [-0.2, -0.15) is 0 Å². The van der Waals surface area contributed by atoms with Crippen LogP contribution in [-0.4, -0.2) is 39.2 Å². The van der Waals surface area contributed by atoms with Crippen LogP contribution < -0.4 is 24.4 Å². The van der Waals surface area contributed by atoms with Crippen LogP contribution in [0.5, 0.6) is 17.2 Å². The molecule has 8 heteroatoms. The Morgan fingerprint density at radius 2 is 1.68 bits per heavy atom. The number of carbonyl (C=O) groups is 2. The van der Waals surface area contributed by atoms with Gasteiger partial charge in [0.25, 0.3) is 0 Å². The van der Waals surface area contributed by atoms with Crippen molar-refractivity contribution in [2.24, 2.45) is 0 Å². The van der Waals surface area contributed by atoms with E-state index in [2.05, 4.69) is 5.32 Å². The molecular weight excluding hydrogens is 500 g/mol. The minimum Gasteiger partial charge on any atom is -0.493 e. The van der Waals surface area contributed by atoms with E-state index in [0.717, 1.165) is 36.1 Å². The summed E-state index contributed by atoms with van der Waals surface area (Å²) in [6, 6.07) is 14.2. The van der Waals surface area contributed by atoms with E-state index in [0.29, 0.717) is 28.5 Å². The fourth-order valence-corrected chi connectivity index (χ4v) is 5.76. The molecule has 1 aromatic heterocycles. The standard InChI is InChI=1S/C30H36N2O5S/c1-20-10-8-13-23(16-20)32(27(33)19-24-14-9-15-38-24)28(30(34)31-22-11-6-5-7-12-22)21-17-25(35-2)29(37-4)26(18-21)36-3/h8-10,13-18,22,28H,5-7,11-12,19H2,1-4H3,(H,31,34)/t28-/m1/s1. The predicted octanol–water partition coefficient (Wildman–Crippen LogP) is 5.85. The van der Waals surface area contributed by atoms with Crippen molar-refractivity contribution < 1.29 is 23.8 Å². The average molecular weight is 537 g/mol. The summed E-state index contributed by atoms with van der Waals surface area (Å²) < 4.78 is 16.7. The molecule has 0 bridgehead atoms. The second-order valence-corrected chi connectivity index (χ2v) is 10.6. The van der Waals surface area contributed by atoms with E-state index in [1.165, 1.54) is 24.9 Å². The van der Waals surface area contributed by atoms with Crippen molar-refractivity contribution >= 4 is 28.8 Å². The van der Waals surface area contributed by atoms with Gasteiger partial charge in [0.15, 0.2) is 11.5 Å². The summed E-state index contributed by atoms with van der Waals surface area (Å²) in [7, 11) is 4.62. The Morgan fingerprint density at radius 1 is 0.974 bits per heavy atom. The topological polar surface area (TPSA) is 77.1 Å². The molecule has 0 radical (unpaired) electrons. The molecule has 2 amide bonds. The van der Waals surface area contributed by atoms with Gasteiger partial charge in [-0.25, -0.2) is 0 Å². The number of ether oxygens (including phenoxy) is 3. The summed E-state index contributed by atoms with van der Waals surface area (Å²) in [5.41, 5.74) is 2.23. The highest BCUT2D eigenvalue weighted by Crippen LogP contribution is 2.42. The number of hydrogen-bond acceptors (Lipinski definition) is 6. The zero-order chi connectivity index (χ0) is 27.1. The van der Waals surface area contributed by atoms with Crippen LogP contribution in [0.4, 0.5) is 5.69 Å². The Kier molecular flexibility index (Phi) is 9.29. The first-order chi connectivity index (χ1) is 18.4. The predicted molar refractivity (Wildman–Crippen MR) is 151 cm³/mol. The minimum absolute atomic E-state index is 0.0764. The highest BCUT2D eigenvalue weighted by atomic mass is 32.1. The van der Waals surface area contributed by atoms with Gasteiger partial charge in [-0.15, -0.1) is 11.3 Å². The van der Waals surface area contributed by atoms with E-state index in [1.54, 1.807) is 31.3 Å². The number of aryl methyl sites for hydroxylation is 1. The smallest absolute Gasteiger partial charge is 0.248 e. The zero-order valence-corrected chi connectivity index (χ0v) is 23.3. The lowest BCUT2D eigenvalue weighted by atomic mass is 9.94. The van der Waals surface area contributed by atoms with Gasteiger partial charge in [0, 0.05) is 16.6 Å². The second-order valence-electron chi connectivity index (χ2n) is 9.56. The van der Waals surface area contributed by atoms with Crippen LogP contribution in [0.25, 0.3) is 0 Å². The van der Waals surface area contributed by atoms with Crippen molar-refractivity contribution in [1.82, 2.24) is 5.32 Å². The van der Waals surface area contributed by atoms with Crippen LogP contribution >= 0.6 is 11.3 Å². The van der Waals surface area contributed by atoms with Crippen LogP contribution in [0.1, 0.15) is 54.1 Å². The number of methoxy groups -OCH3 is 3. The number of hydrogen-bond donors (Lipinski definition) is 1. The molecule has 0 spiro atoms. The van der Waals surface area contributed by atoms with Gasteiger partial charge in [0.05, 0.1) is 27.8 Å². The Bertz CT molecular complexity index is 1210. The Hall–Kier alpha value is -3.52. The van der Waals surface area contributed by atoms with Gasteiger partial charge >= 0.3 is 0 Å². The van der Waals surface area contributed by atoms with Crippen molar-refractivity contribution in [3.05, 3.63) is 69.9 Å². The van der Waals surface area contributed by atoms with Crippen molar-refractivity contribution in [2.75, 3.05) is 26.2 Å². The second kappa shape index (κ2) is 12.8.